The van der Waals surface area contributed by atoms with E-state index in [0.717, 1.165) is 12.8 Å². The summed E-state index contributed by atoms with van der Waals surface area (Å²) in [7, 11) is -3.75. The Hall–Kier alpha value is -1.38. The number of aromatic nitrogens is 1. The Morgan fingerprint density at radius 1 is 1.57 bits per heavy atom. The molecule has 1 saturated heterocycles. The number of nitrogens with one attached hydrogen (secondary N) is 1. The maximum atomic E-state index is 12.3. The highest BCUT2D eigenvalue weighted by Crippen LogP contribution is 2.25. The van der Waals surface area contributed by atoms with Gasteiger partial charge in [0.1, 0.15) is 10.6 Å². The van der Waals surface area contributed by atoms with Gasteiger partial charge in [-0.25, -0.2) is 17.9 Å². The van der Waals surface area contributed by atoms with Crippen molar-refractivity contribution in [1.29, 1.82) is 0 Å². The zero-order valence-electron chi connectivity index (χ0n) is 12.1. The number of aryl methyl sites for hydroxylation is 1. The molecule has 0 bridgehead atoms. The highest BCUT2D eigenvalue weighted by Gasteiger charge is 2.32. The molecule has 0 amide bonds. The van der Waals surface area contributed by atoms with Crippen LogP contribution in [-0.2, 0) is 21.3 Å². The summed E-state index contributed by atoms with van der Waals surface area (Å²) in [6, 6.07) is 1.17. The number of hydrogen-bond acceptors (Lipinski definition) is 4. The van der Waals surface area contributed by atoms with E-state index in [1.165, 1.54) is 16.8 Å². The standard InChI is InChI=1S/C13H20N2O5S/c1-3-15-8-10(7-11(15)12(16)17)21(18,19)14-9-13(2)5-4-6-20-13/h7-8,14H,3-6,9H2,1-2H3,(H,16,17). The van der Waals surface area contributed by atoms with Crippen LogP contribution in [0.5, 0.6) is 0 Å². The van der Waals surface area contributed by atoms with Gasteiger partial charge in [-0.05, 0) is 32.8 Å². The maximum absolute atomic E-state index is 12.3. The predicted octanol–water partition coefficient (Wildman–Crippen LogP) is 1.05. The van der Waals surface area contributed by atoms with Crippen LogP contribution < -0.4 is 4.72 Å². The van der Waals surface area contributed by atoms with E-state index < -0.39 is 21.6 Å². The third-order valence-electron chi connectivity index (χ3n) is 3.68. The minimum atomic E-state index is -3.75. The zero-order chi connectivity index (χ0) is 15.7. The van der Waals surface area contributed by atoms with E-state index in [1.807, 2.05) is 6.92 Å². The molecular weight excluding hydrogens is 296 g/mol. The highest BCUT2D eigenvalue weighted by molar-refractivity contribution is 7.89. The molecule has 1 aliphatic rings. The lowest BCUT2D eigenvalue weighted by atomic mass is 10.0. The van der Waals surface area contributed by atoms with Crippen molar-refractivity contribution in [3.05, 3.63) is 18.0 Å². The normalized spacial score (nSPS) is 22.6. The number of ether oxygens (including phenoxy) is 1. The molecule has 118 valence electrons. The number of aromatic carboxylic acids is 1. The van der Waals surface area contributed by atoms with E-state index in [0.29, 0.717) is 13.2 Å². The molecule has 2 rings (SSSR count). The van der Waals surface area contributed by atoms with Crippen LogP contribution in [0.4, 0.5) is 0 Å². The van der Waals surface area contributed by atoms with Gasteiger partial charge in [-0.1, -0.05) is 0 Å². The van der Waals surface area contributed by atoms with E-state index in [1.54, 1.807) is 6.92 Å². The zero-order valence-corrected chi connectivity index (χ0v) is 12.9. The van der Waals surface area contributed by atoms with E-state index in [2.05, 4.69) is 4.72 Å². The second-order valence-electron chi connectivity index (χ2n) is 5.38. The third-order valence-corrected chi connectivity index (χ3v) is 5.05. The smallest absolute Gasteiger partial charge is 0.352 e. The molecular formula is C13H20N2O5S. The van der Waals surface area contributed by atoms with Crippen molar-refractivity contribution in [3.63, 3.8) is 0 Å². The molecule has 1 fully saturated rings. The fourth-order valence-electron chi connectivity index (χ4n) is 2.38. The van der Waals surface area contributed by atoms with Gasteiger partial charge in [0, 0.05) is 25.9 Å². The Labute approximate surface area is 124 Å². The maximum Gasteiger partial charge on any atom is 0.352 e. The highest BCUT2D eigenvalue weighted by atomic mass is 32.2. The van der Waals surface area contributed by atoms with Gasteiger partial charge >= 0.3 is 5.97 Å². The molecule has 1 atom stereocenters. The van der Waals surface area contributed by atoms with E-state index in [-0.39, 0.29) is 17.1 Å². The van der Waals surface area contributed by atoms with Crippen LogP contribution in [0.15, 0.2) is 17.2 Å². The summed E-state index contributed by atoms with van der Waals surface area (Å²) in [6.45, 7) is 4.81. The average molecular weight is 316 g/mol. The van der Waals surface area contributed by atoms with Crippen LogP contribution in [0, 0.1) is 0 Å². The largest absolute Gasteiger partial charge is 0.477 e. The Morgan fingerprint density at radius 3 is 2.76 bits per heavy atom. The van der Waals surface area contributed by atoms with Crippen LogP contribution in [0.1, 0.15) is 37.2 Å². The SMILES string of the molecule is CCn1cc(S(=O)(=O)NCC2(C)CCCO2)cc1C(=O)O. The second-order valence-corrected chi connectivity index (χ2v) is 7.15. The fraction of sp³-hybridized carbons (Fsp3) is 0.615. The molecule has 2 N–H and O–H groups in total. The van der Waals surface area contributed by atoms with Crippen molar-refractivity contribution in [2.75, 3.05) is 13.2 Å². The molecule has 0 aliphatic carbocycles. The predicted molar refractivity (Wildman–Crippen MR) is 75.8 cm³/mol. The summed E-state index contributed by atoms with van der Waals surface area (Å²) >= 11 is 0. The first-order valence-corrected chi connectivity index (χ1v) is 8.33. The van der Waals surface area contributed by atoms with Gasteiger partial charge in [0.15, 0.2) is 0 Å². The minimum absolute atomic E-state index is 0.0386. The van der Waals surface area contributed by atoms with Crippen molar-refractivity contribution in [2.45, 2.75) is 43.7 Å². The Bertz CT molecular complexity index is 629. The summed E-state index contributed by atoms with van der Waals surface area (Å²) in [5.74, 6) is -1.15. The van der Waals surface area contributed by atoms with E-state index in [4.69, 9.17) is 9.84 Å². The molecule has 1 unspecified atom stereocenters. The third kappa shape index (κ3) is 3.45. The molecule has 2 heterocycles. The number of nitrogens with zero attached hydrogens (tertiary/aromatic N) is 1. The minimum Gasteiger partial charge on any atom is -0.477 e. The van der Waals surface area contributed by atoms with Gasteiger partial charge < -0.3 is 14.4 Å². The molecule has 7 nitrogen and oxygen atoms in total. The topological polar surface area (TPSA) is 97.6 Å². The first kappa shape index (κ1) is 16.0. The lowest BCUT2D eigenvalue weighted by Crippen LogP contribution is -2.39. The van der Waals surface area contributed by atoms with Gasteiger partial charge in [0.2, 0.25) is 10.0 Å². The van der Waals surface area contributed by atoms with Crippen molar-refractivity contribution >= 4 is 16.0 Å². The van der Waals surface area contributed by atoms with E-state index >= 15 is 0 Å². The van der Waals surface area contributed by atoms with Gasteiger partial charge in [-0.15, -0.1) is 0 Å². The lowest BCUT2D eigenvalue weighted by molar-refractivity contribution is 0.0250. The number of hydrogen-bond donors (Lipinski definition) is 2. The van der Waals surface area contributed by atoms with E-state index in [9.17, 15) is 13.2 Å². The molecule has 0 aromatic carbocycles. The first-order valence-electron chi connectivity index (χ1n) is 6.84. The Balaban J connectivity index is 2.17. The summed E-state index contributed by atoms with van der Waals surface area (Å²) in [5.41, 5.74) is -0.531. The number of carboxylic acids is 1. The van der Waals surface area contributed by atoms with Gasteiger partial charge in [-0.3, -0.25) is 0 Å². The number of carboxylic acid groups (broad SMARTS) is 1. The van der Waals surface area contributed by atoms with Crippen molar-refractivity contribution in [3.8, 4) is 0 Å². The monoisotopic (exact) mass is 316 g/mol. The fourth-order valence-corrected chi connectivity index (χ4v) is 3.57. The lowest BCUT2D eigenvalue weighted by Gasteiger charge is -2.23. The van der Waals surface area contributed by atoms with Gasteiger partial charge in [-0.2, -0.15) is 0 Å². The van der Waals surface area contributed by atoms with Gasteiger partial charge in [0.05, 0.1) is 5.60 Å². The second kappa shape index (κ2) is 5.78. The molecule has 8 heteroatoms. The van der Waals surface area contributed by atoms with Gasteiger partial charge in [0.25, 0.3) is 0 Å². The van der Waals surface area contributed by atoms with Crippen LogP contribution in [0.2, 0.25) is 0 Å². The van der Waals surface area contributed by atoms with Crippen LogP contribution >= 0.6 is 0 Å². The Kier molecular flexibility index (Phi) is 4.40. The van der Waals surface area contributed by atoms with Crippen LogP contribution in [0.3, 0.4) is 0 Å². The number of sulfonamides is 1. The van der Waals surface area contributed by atoms with Crippen LogP contribution in [-0.4, -0.2) is 42.8 Å². The molecule has 0 spiro atoms. The number of carbonyl (C=O) groups is 1. The average Bonchev–Trinajstić information content (AvgIpc) is 3.03. The molecule has 0 radical (unpaired) electrons. The molecule has 1 aliphatic heterocycles. The summed E-state index contributed by atoms with van der Waals surface area (Å²) in [4.78, 5) is 11.0. The molecule has 21 heavy (non-hydrogen) atoms. The summed E-state index contributed by atoms with van der Waals surface area (Å²) < 4.78 is 34.0. The molecule has 1 aromatic rings. The van der Waals surface area contributed by atoms with Crippen molar-refractivity contribution in [2.24, 2.45) is 0 Å². The quantitative estimate of drug-likeness (QED) is 0.817. The number of rotatable bonds is 6. The van der Waals surface area contributed by atoms with Crippen molar-refractivity contribution in [1.82, 2.24) is 9.29 Å². The first-order chi connectivity index (χ1) is 9.77. The summed E-state index contributed by atoms with van der Waals surface area (Å²) in [6.07, 6.45) is 3.04. The summed E-state index contributed by atoms with van der Waals surface area (Å²) in [5, 5.41) is 9.06. The van der Waals surface area contributed by atoms with Crippen molar-refractivity contribution < 1.29 is 23.1 Å². The molecule has 1 aromatic heterocycles. The molecule has 0 saturated carbocycles. The Morgan fingerprint density at radius 2 is 2.29 bits per heavy atom. The van der Waals surface area contributed by atoms with Crippen LogP contribution in [0.25, 0.3) is 0 Å².